The predicted molar refractivity (Wildman–Crippen MR) is 106 cm³/mol. The first-order valence-corrected chi connectivity index (χ1v) is 9.45. The zero-order valence-electron chi connectivity index (χ0n) is 15.9. The molecule has 0 bridgehead atoms. The van der Waals surface area contributed by atoms with E-state index in [0.717, 1.165) is 11.5 Å². The van der Waals surface area contributed by atoms with Crippen molar-refractivity contribution in [3.8, 4) is 11.4 Å². The van der Waals surface area contributed by atoms with Crippen molar-refractivity contribution in [1.29, 1.82) is 0 Å². The van der Waals surface area contributed by atoms with Gasteiger partial charge in [0.2, 0.25) is 0 Å². The molecule has 0 saturated carbocycles. The minimum atomic E-state index is -0.710. The number of halogens is 2. The Hall–Kier alpha value is -3.29. The molecule has 8 heteroatoms. The molecule has 4 rings (SSSR count). The van der Waals surface area contributed by atoms with Gasteiger partial charge in [0.15, 0.2) is 5.82 Å². The van der Waals surface area contributed by atoms with Gasteiger partial charge in [0.1, 0.15) is 17.5 Å². The molecule has 0 atom stereocenters. The van der Waals surface area contributed by atoms with E-state index < -0.39 is 11.6 Å². The number of anilines is 1. The van der Waals surface area contributed by atoms with Crippen LogP contribution < -0.4 is 4.90 Å². The van der Waals surface area contributed by atoms with Crippen molar-refractivity contribution >= 4 is 22.8 Å². The lowest BCUT2D eigenvalue weighted by atomic mass is 10.1. The van der Waals surface area contributed by atoms with Gasteiger partial charge in [-0.2, -0.15) is 0 Å². The molecule has 1 aliphatic heterocycles. The number of carbonyl (C=O) groups excluding carboxylic acids is 1. The number of benzene rings is 2. The number of piperazine rings is 1. The van der Waals surface area contributed by atoms with Gasteiger partial charge in [-0.25, -0.2) is 23.5 Å². The molecule has 1 amide bonds. The molecule has 1 fully saturated rings. The first-order chi connectivity index (χ1) is 14.1. The molecule has 29 heavy (non-hydrogen) atoms. The maximum Gasteiger partial charge on any atom is 0.409 e. The van der Waals surface area contributed by atoms with Gasteiger partial charge in [0, 0.05) is 37.6 Å². The topological polar surface area (TPSA) is 58.6 Å². The second kappa shape index (κ2) is 7.98. The van der Waals surface area contributed by atoms with Gasteiger partial charge >= 0.3 is 6.09 Å². The van der Waals surface area contributed by atoms with E-state index >= 15 is 0 Å². The van der Waals surface area contributed by atoms with E-state index in [4.69, 9.17) is 4.74 Å². The van der Waals surface area contributed by atoms with Gasteiger partial charge in [0.05, 0.1) is 17.7 Å². The first-order valence-electron chi connectivity index (χ1n) is 9.45. The van der Waals surface area contributed by atoms with Gasteiger partial charge in [-0.15, -0.1) is 0 Å². The summed E-state index contributed by atoms with van der Waals surface area (Å²) in [6.07, 6.45) is -0.325. The summed E-state index contributed by atoms with van der Waals surface area (Å²) < 4.78 is 32.7. The fourth-order valence-corrected chi connectivity index (χ4v) is 3.41. The second-order valence-electron chi connectivity index (χ2n) is 6.69. The quantitative estimate of drug-likeness (QED) is 0.671. The Morgan fingerprint density at radius 3 is 2.55 bits per heavy atom. The summed E-state index contributed by atoms with van der Waals surface area (Å²) in [6, 6.07) is 10.8. The predicted octanol–water partition coefficient (Wildman–Crippen LogP) is 3.85. The molecule has 2 aromatic carbocycles. The Bertz CT molecular complexity index is 1050. The lowest BCUT2D eigenvalue weighted by molar-refractivity contribution is 0.105. The van der Waals surface area contributed by atoms with Crippen LogP contribution in [0.4, 0.5) is 19.4 Å². The van der Waals surface area contributed by atoms with Gasteiger partial charge in [0.25, 0.3) is 0 Å². The Morgan fingerprint density at radius 1 is 1.07 bits per heavy atom. The number of carbonyl (C=O) groups is 1. The lowest BCUT2D eigenvalue weighted by Gasteiger charge is -2.35. The van der Waals surface area contributed by atoms with E-state index in [0.29, 0.717) is 44.1 Å². The zero-order chi connectivity index (χ0) is 20.4. The van der Waals surface area contributed by atoms with Crippen molar-refractivity contribution in [2.75, 3.05) is 37.7 Å². The lowest BCUT2D eigenvalue weighted by Crippen LogP contribution is -2.49. The van der Waals surface area contributed by atoms with Crippen LogP contribution in [0.2, 0.25) is 0 Å². The molecular weight excluding hydrogens is 378 g/mol. The third-order valence-electron chi connectivity index (χ3n) is 4.86. The minimum absolute atomic E-state index is 0.142. The molecule has 6 nitrogen and oxygen atoms in total. The maximum absolute atomic E-state index is 14.3. The summed E-state index contributed by atoms with van der Waals surface area (Å²) >= 11 is 0. The fourth-order valence-electron chi connectivity index (χ4n) is 3.41. The summed E-state index contributed by atoms with van der Waals surface area (Å²) in [4.78, 5) is 24.7. The highest BCUT2D eigenvalue weighted by Gasteiger charge is 2.25. The molecule has 0 aliphatic carbocycles. The maximum atomic E-state index is 14.3. The highest BCUT2D eigenvalue weighted by atomic mass is 19.1. The third-order valence-corrected chi connectivity index (χ3v) is 4.86. The van der Waals surface area contributed by atoms with E-state index in [2.05, 4.69) is 9.97 Å². The molecule has 0 spiro atoms. The van der Waals surface area contributed by atoms with Crippen LogP contribution >= 0.6 is 0 Å². The molecule has 2 heterocycles. The van der Waals surface area contributed by atoms with Crippen LogP contribution in [0.3, 0.4) is 0 Å². The third kappa shape index (κ3) is 3.83. The number of rotatable bonds is 3. The number of hydrogen-bond acceptors (Lipinski definition) is 5. The first kappa shape index (κ1) is 19.0. The Kier molecular flexibility index (Phi) is 5.24. The number of aromatic nitrogens is 2. The van der Waals surface area contributed by atoms with E-state index in [1.165, 1.54) is 12.1 Å². The van der Waals surface area contributed by atoms with Crippen molar-refractivity contribution in [2.24, 2.45) is 0 Å². The average molecular weight is 398 g/mol. The number of fused-ring (bicyclic) bond motifs is 1. The van der Waals surface area contributed by atoms with Crippen LogP contribution in [0, 0.1) is 11.6 Å². The molecule has 3 aromatic rings. The van der Waals surface area contributed by atoms with Crippen molar-refractivity contribution in [2.45, 2.75) is 6.92 Å². The molecular formula is C21H20F2N4O2. The number of nitrogens with zero attached hydrogens (tertiary/aromatic N) is 4. The number of hydrogen-bond donors (Lipinski definition) is 0. The van der Waals surface area contributed by atoms with E-state index in [9.17, 15) is 13.6 Å². The summed E-state index contributed by atoms with van der Waals surface area (Å²) in [7, 11) is 0. The van der Waals surface area contributed by atoms with Crippen molar-refractivity contribution in [3.63, 3.8) is 0 Å². The van der Waals surface area contributed by atoms with Crippen molar-refractivity contribution in [1.82, 2.24) is 14.9 Å². The molecule has 1 aliphatic rings. The molecule has 0 unspecified atom stereocenters. The zero-order valence-corrected chi connectivity index (χ0v) is 15.9. The highest BCUT2D eigenvalue weighted by Crippen LogP contribution is 2.29. The number of para-hydroxylation sites is 1. The summed E-state index contributed by atoms with van der Waals surface area (Å²) in [5, 5.41) is 0.836. The fraction of sp³-hybridized carbons (Fsp3) is 0.286. The van der Waals surface area contributed by atoms with Crippen molar-refractivity contribution in [3.05, 3.63) is 54.1 Å². The standard InChI is InChI=1S/C21H20F2N4O2/c1-2-29-21(28)27-11-9-26(10-12-27)20-16-5-3-4-6-18(16)24-19(25-20)15-8-7-14(22)13-17(15)23/h3-8,13H,2,9-12H2,1H3. The van der Waals surface area contributed by atoms with Crippen LogP contribution in [-0.2, 0) is 4.74 Å². The molecule has 1 saturated heterocycles. The van der Waals surface area contributed by atoms with Gasteiger partial charge in [-0.05, 0) is 31.2 Å². The smallest absolute Gasteiger partial charge is 0.409 e. The molecule has 150 valence electrons. The van der Waals surface area contributed by atoms with Crippen molar-refractivity contribution < 1.29 is 18.3 Å². The van der Waals surface area contributed by atoms with Crippen LogP contribution in [0.25, 0.3) is 22.3 Å². The molecule has 1 aromatic heterocycles. The largest absolute Gasteiger partial charge is 0.450 e. The van der Waals surface area contributed by atoms with Gasteiger partial charge < -0.3 is 14.5 Å². The summed E-state index contributed by atoms with van der Waals surface area (Å²) in [5.74, 6) is -0.498. The summed E-state index contributed by atoms with van der Waals surface area (Å²) in [6.45, 7) is 4.23. The van der Waals surface area contributed by atoms with E-state index in [1.54, 1.807) is 11.8 Å². The average Bonchev–Trinajstić information content (AvgIpc) is 2.73. The highest BCUT2D eigenvalue weighted by molar-refractivity contribution is 5.91. The monoisotopic (exact) mass is 398 g/mol. The molecule has 0 N–H and O–H groups in total. The number of amides is 1. The molecule has 0 radical (unpaired) electrons. The van der Waals surface area contributed by atoms with Crippen LogP contribution in [0.15, 0.2) is 42.5 Å². The van der Waals surface area contributed by atoms with Gasteiger partial charge in [-0.3, -0.25) is 0 Å². The van der Waals surface area contributed by atoms with Crippen LogP contribution in [0.1, 0.15) is 6.92 Å². The second-order valence-corrected chi connectivity index (χ2v) is 6.69. The van der Waals surface area contributed by atoms with Crippen LogP contribution in [0.5, 0.6) is 0 Å². The normalized spacial score (nSPS) is 14.3. The Balaban J connectivity index is 1.70. The Labute approximate surface area is 166 Å². The minimum Gasteiger partial charge on any atom is -0.450 e. The van der Waals surface area contributed by atoms with E-state index in [1.807, 2.05) is 29.2 Å². The van der Waals surface area contributed by atoms with E-state index in [-0.39, 0.29) is 17.5 Å². The SMILES string of the molecule is CCOC(=O)N1CCN(c2nc(-c3ccc(F)cc3F)nc3ccccc23)CC1. The Morgan fingerprint density at radius 2 is 1.83 bits per heavy atom. The summed E-state index contributed by atoms with van der Waals surface area (Å²) in [5.41, 5.74) is 0.813. The number of ether oxygens (including phenoxy) is 1. The van der Waals surface area contributed by atoms with Gasteiger partial charge in [-0.1, -0.05) is 12.1 Å². The van der Waals surface area contributed by atoms with Crippen LogP contribution in [-0.4, -0.2) is 53.7 Å².